The summed E-state index contributed by atoms with van der Waals surface area (Å²) in [5.41, 5.74) is 0. The lowest BCUT2D eigenvalue weighted by Crippen LogP contribution is -2.39. The van der Waals surface area contributed by atoms with E-state index in [9.17, 15) is 9.90 Å². The maximum Gasteiger partial charge on any atom is 0.222 e. The molecule has 124 valence electrons. The molecule has 0 saturated heterocycles. The molecule has 0 heterocycles. The second-order valence-electron chi connectivity index (χ2n) is 5.62. The van der Waals surface area contributed by atoms with Crippen LogP contribution in [0.2, 0.25) is 0 Å². The van der Waals surface area contributed by atoms with Gasteiger partial charge in [0.2, 0.25) is 5.91 Å². The molecule has 6 heteroatoms. The fourth-order valence-corrected chi connectivity index (χ4v) is 2.60. The van der Waals surface area contributed by atoms with Crippen molar-refractivity contribution in [2.24, 2.45) is 5.92 Å². The van der Waals surface area contributed by atoms with Crippen molar-refractivity contribution in [1.29, 1.82) is 0 Å². The summed E-state index contributed by atoms with van der Waals surface area (Å²) in [6, 6.07) is 0.236. The number of rotatable bonds is 10. The lowest BCUT2D eigenvalue weighted by atomic mass is 9.83. The van der Waals surface area contributed by atoms with E-state index in [0.29, 0.717) is 38.8 Å². The second kappa shape index (κ2) is 11.0. The van der Waals surface area contributed by atoms with Gasteiger partial charge in [-0.1, -0.05) is 0 Å². The highest BCUT2D eigenvalue weighted by Crippen LogP contribution is 2.26. The Kier molecular flexibility index (Phi) is 9.58. The van der Waals surface area contributed by atoms with Crippen LogP contribution in [0, 0.1) is 5.92 Å². The van der Waals surface area contributed by atoms with Gasteiger partial charge in [0.05, 0.1) is 39.1 Å². The highest BCUT2D eigenvalue weighted by atomic mass is 16.5. The van der Waals surface area contributed by atoms with Gasteiger partial charge in [0.25, 0.3) is 0 Å². The summed E-state index contributed by atoms with van der Waals surface area (Å²) in [6.45, 7) is 3.43. The molecule has 21 heavy (non-hydrogen) atoms. The minimum atomic E-state index is -0.247. The van der Waals surface area contributed by atoms with E-state index in [-0.39, 0.29) is 24.7 Å². The van der Waals surface area contributed by atoms with Crippen LogP contribution in [0.25, 0.3) is 0 Å². The first-order valence-corrected chi connectivity index (χ1v) is 7.87. The van der Waals surface area contributed by atoms with Crippen molar-refractivity contribution in [3.05, 3.63) is 0 Å². The van der Waals surface area contributed by atoms with Gasteiger partial charge in [0.15, 0.2) is 0 Å². The number of ether oxygens (including phenoxy) is 2. The Morgan fingerprint density at radius 3 is 2.33 bits per heavy atom. The molecule has 1 rings (SSSR count). The SMILES string of the molecule is CC(O)C1CCC(NC(=O)CCOCCOCCO)CC1. The van der Waals surface area contributed by atoms with Gasteiger partial charge in [-0.2, -0.15) is 0 Å². The van der Waals surface area contributed by atoms with E-state index in [1.165, 1.54) is 0 Å². The molecule has 0 spiro atoms. The number of nitrogens with one attached hydrogen (secondary N) is 1. The van der Waals surface area contributed by atoms with Crippen LogP contribution in [0.15, 0.2) is 0 Å². The van der Waals surface area contributed by atoms with Gasteiger partial charge in [-0.05, 0) is 38.5 Å². The number of hydrogen-bond donors (Lipinski definition) is 3. The number of amides is 1. The third-order valence-electron chi connectivity index (χ3n) is 3.90. The molecule has 0 aliphatic heterocycles. The lowest BCUT2D eigenvalue weighted by Gasteiger charge is -2.30. The van der Waals surface area contributed by atoms with Crippen LogP contribution in [0.1, 0.15) is 39.0 Å². The Bertz CT molecular complexity index is 277. The smallest absolute Gasteiger partial charge is 0.222 e. The summed E-state index contributed by atoms with van der Waals surface area (Å²) >= 11 is 0. The first-order chi connectivity index (χ1) is 10.1. The zero-order valence-corrected chi connectivity index (χ0v) is 12.9. The van der Waals surface area contributed by atoms with Crippen LogP contribution < -0.4 is 5.32 Å². The van der Waals surface area contributed by atoms with Crippen LogP contribution in [0.3, 0.4) is 0 Å². The van der Waals surface area contributed by atoms with E-state index in [1.54, 1.807) is 0 Å². The number of carbonyl (C=O) groups is 1. The Hall–Kier alpha value is -0.690. The molecule has 1 aliphatic carbocycles. The molecular formula is C15H29NO5. The Morgan fingerprint density at radius 2 is 1.76 bits per heavy atom. The topological polar surface area (TPSA) is 88.0 Å². The van der Waals surface area contributed by atoms with Crippen LogP contribution in [-0.4, -0.2) is 61.3 Å². The van der Waals surface area contributed by atoms with Crippen molar-refractivity contribution in [2.75, 3.05) is 33.0 Å². The number of hydrogen-bond acceptors (Lipinski definition) is 5. The summed E-state index contributed by atoms with van der Waals surface area (Å²) in [5, 5.41) is 21.1. The summed E-state index contributed by atoms with van der Waals surface area (Å²) in [4.78, 5) is 11.8. The number of aliphatic hydroxyl groups is 2. The van der Waals surface area contributed by atoms with Crippen LogP contribution in [0.4, 0.5) is 0 Å². The predicted molar refractivity (Wildman–Crippen MR) is 78.9 cm³/mol. The molecule has 1 aliphatic rings. The van der Waals surface area contributed by atoms with Crippen molar-refractivity contribution < 1.29 is 24.5 Å². The molecule has 0 aromatic rings. The third kappa shape index (κ3) is 8.36. The van der Waals surface area contributed by atoms with Crippen LogP contribution in [-0.2, 0) is 14.3 Å². The zero-order valence-electron chi connectivity index (χ0n) is 12.9. The monoisotopic (exact) mass is 303 g/mol. The highest BCUT2D eigenvalue weighted by Gasteiger charge is 2.24. The molecule has 1 amide bonds. The number of carbonyl (C=O) groups excluding carboxylic acids is 1. The molecule has 1 fully saturated rings. The molecule has 0 bridgehead atoms. The van der Waals surface area contributed by atoms with E-state index in [1.807, 2.05) is 6.92 Å². The van der Waals surface area contributed by atoms with E-state index in [2.05, 4.69) is 5.32 Å². The molecule has 1 atom stereocenters. The zero-order chi connectivity index (χ0) is 15.5. The molecule has 0 radical (unpaired) electrons. The number of aliphatic hydroxyl groups excluding tert-OH is 2. The summed E-state index contributed by atoms with van der Waals surface area (Å²) in [7, 11) is 0. The molecule has 1 saturated carbocycles. The standard InChI is InChI=1S/C15H29NO5/c1-12(18)13-2-4-14(5-3-13)16-15(19)6-8-20-10-11-21-9-7-17/h12-14,17-18H,2-11H2,1H3,(H,16,19). The lowest BCUT2D eigenvalue weighted by molar-refractivity contribution is -0.123. The Morgan fingerprint density at radius 1 is 1.14 bits per heavy atom. The fraction of sp³-hybridized carbons (Fsp3) is 0.933. The van der Waals surface area contributed by atoms with Crippen molar-refractivity contribution >= 4 is 5.91 Å². The molecule has 0 aromatic carbocycles. The molecule has 1 unspecified atom stereocenters. The molecule has 0 aromatic heterocycles. The predicted octanol–water partition coefficient (Wildman–Crippen LogP) is 0.458. The highest BCUT2D eigenvalue weighted by molar-refractivity contribution is 5.76. The van der Waals surface area contributed by atoms with Crippen molar-refractivity contribution in [2.45, 2.75) is 51.2 Å². The van der Waals surface area contributed by atoms with Gasteiger partial charge in [-0.25, -0.2) is 0 Å². The first kappa shape index (κ1) is 18.4. The first-order valence-electron chi connectivity index (χ1n) is 7.87. The minimum absolute atomic E-state index is 0.0136. The van der Waals surface area contributed by atoms with E-state index < -0.39 is 0 Å². The summed E-state index contributed by atoms with van der Waals surface area (Å²) in [6.07, 6.45) is 3.94. The van der Waals surface area contributed by atoms with Gasteiger partial charge < -0.3 is 25.0 Å². The van der Waals surface area contributed by atoms with Crippen LogP contribution >= 0.6 is 0 Å². The Balaban J connectivity index is 1.99. The maximum absolute atomic E-state index is 11.8. The average Bonchev–Trinajstić information content (AvgIpc) is 2.47. The Labute approximate surface area is 126 Å². The fourth-order valence-electron chi connectivity index (χ4n) is 2.60. The van der Waals surface area contributed by atoms with Gasteiger partial charge in [0.1, 0.15) is 0 Å². The normalized spacial score (nSPS) is 23.8. The largest absolute Gasteiger partial charge is 0.394 e. The second-order valence-corrected chi connectivity index (χ2v) is 5.62. The molecule has 6 nitrogen and oxygen atoms in total. The van der Waals surface area contributed by atoms with Gasteiger partial charge in [0, 0.05) is 12.5 Å². The molecule has 3 N–H and O–H groups in total. The molecular weight excluding hydrogens is 274 g/mol. The van der Waals surface area contributed by atoms with Gasteiger partial charge in [-0.3, -0.25) is 4.79 Å². The third-order valence-corrected chi connectivity index (χ3v) is 3.90. The van der Waals surface area contributed by atoms with E-state index >= 15 is 0 Å². The van der Waals surface area contributed by atoms with Gasteiger partial charge in [-0.15, -0.1) is 0 Å². The van der Waals surface area contributed by atoms with E-state index in [4.69, 9.17) is 14.6 Å². The van der Waals surface area contributed by atoms with Gasteiger partial charge >= 0.3 is 0 Å². The maximum atomic E-state index is 11.8. The van der Waals surface area contributed by atoms with Crippen molar-refractivity contribution in [1.82, 2.24) is 5.32 Å². The van der Waals surface area contributed by atoms with E-state index in [0.717, 1.165) is 25.7 Å². The minimum Gasteiger partial charge on any atom is -0.394 e. The summed E-state index contributed by atoms with van der Waals surface area (Å²) in [5.74, 6) is 0.396. The van der Waals surface area contributed by atoms with Crippen molar-refractivity contribution in [3.8, 4) is 0 Å². The van der Waals surface area contributed by atoms with Crippen molar-refractivity contribution in [3.63, 3.8) is 0 Å². The van der Waals surface area contributed by atoms with Crippen LogP contribution in [0.5, 0.6) is 0 Å². The summed E-state index contributed by atoms with van der Waals surface area (Å²) < 4.78 is 10.3. The average molecular weight is 303 g/mol. The quantitative estimate of drug-likeness (QED) is 0.510.